The van der Waals surface area contributed by atoms with Crippen LogP contribution >= 0.6 is 0 Å². The first-order valence-electron chi connectivity index (χ1n) is 9.08. The van der Waals surface area contributed by atoms with Crippen LogP contribution in [0.3, 0.4) is 0 Å². The number of benzene rings is 1. The average molecular weight is 349 g/mol. The van der Waals surface area contributed by atoms with Gasteiger partial charge in [-0.15, -0.1) is 0 Å². The van der Waals surface area contributed by atoms with Crippen molar-refractivity contribution in [1.82, 2.24) is 14.9 Å². The van der Waals surface area contributed by atoms with E-state index in [1.165, 1.54) is 5.56 Å². The van der Waals surface area contributed by atoms with E-state index in [4.69, 9.17) is 4.74 Å². The number of H-pyrrole nitrogens is 1. The maximum atomic E-state index is 12.8. The van der Waals surface area contributed by atoms with Crippen molar-refractivity contribution in [3.8, 4) is 5.75 Å². The van der Waals surface area contributed by atoms with Gasteiger partial charge in [-0.1, -0.05) is 0 Å². The Kier molecular flexibility index (Phi) is 4.61. The van der Waals surface area contributed by atoms with Gasteiger partial charge in [0, 0.05) is 36.4 Å². The molecule has 1 unspecified atom stereocenters. The minimum absolute atomic E-state index is 0.108. The van der Waals surface area contributed by atoms with Gasteiger partial charge in [-0.25, -0.2) is 4.98 Å². The zero-order chi connectivity index (χ0) is 17.9. The highest BCUT2D eigenvalue weighted by Crippen LogP contribution is 2.24. The summed E-state index contributed by atoms with van der Waals surface area (Å²) in [5.41, 5.74) is 2.89. The van der Waals surface area contributed by atoms with Crippen molar-refractivity contribution in [2.45, 2.75) is 19.3 Å². The summed E-state index contributed by atoms with van der Waals surface area (Å²) in [7, 11) is 1.63. The fourth-order valence-electron chi connectivity index (χ4n) is 3.76. The number of hydrogen-bond acceptors (Lipinski definition) is 3. The molecule has 2 aromatic heterocycles. The zero-order valence-corrected chi connectivity index (χ0v) is 14.9. The minimum atomic E-state index is 0.108. The maximum absolute atomic E-state index is 12.8. The second kappa shape index (κ2) is 7.20. The lowest BCUT2D eigenvalue weighted by Gasteiger charge is -2.33. The number of pyridine rings is 1. The van der Waals surface area contributed by atoms with Crippen molar-refractivity contribution in [3.05, 3.63) is 59.9 Å². The molecule has 1 aromatic carbocycles. The quantitative estimate of drug-likeness (QED) is 0.782. The number of hydrogen-bond donors (Lipinski definition) is 1. The fraction of sp³-hybridized carbons (Fsp3) is 0.333. The first-order valence-corrected chi connectivity index (χ1v) is 9.08. The van der Waals surface area contributed by atoms with Gasteiger partial charge in [-0.2, -0.15) is 0 Å². The number of likely N-dealkylation sites (tertiary alicyclic amines) is 1. The number of aromatic amines is 1. The Balaban J connectivity index is 1.43. The number of carbonyl (C=O) groups excluding carboxylic acids is 1. The van der Waals surface area contributed by atoms with Crippen molar-refractivity contribution in [1.29, 1.82) is 0 Å². The molecule has 1 aliphatic rings. The Morgan fingerprint density at radius 2 is 2.15 bits per heavy atom. The molecule has 1 N–H and O–H groups in total. The number of ether oxygens (including phenoxy) is 1. The highest BCUT2D eigenvalue weighted by atomic mass is 16.5. The van der Waals surface area contributed by atoms with Crippen LogP contribution in [0, 0.1) is 5.92 Å². The number of piperidine rings is 1. The first kappa shape index (κ1) is 16.6. The van der Waals surface area contributed by atoms with Gasteiger partial charge in [0.25, 0.3) is 5.91 Å². The molecule has 5 nitrogen and oxygen atoms in total. The monoisotopic (exact) mass is 349 g/mol. The molecule has 1 aliphatic heterocycles. The van der Waals surface area contributed by atoms with Crippen LogP contribution in [-0.2, 0) is 6.42 Å². The Bertz CT molecular complexity index is 901. The molecule has 3 heterocycles. The third-order valence-corrected chi connectivity index (χ3v) is 5.12. The molecule has 0 radical (unpaired) electrons. The lowest BCUT2D eigenvalue weighted by atomic mass is 9.91. The molecule has 1 amide bonds. The molecule has 3 aromatic rings. The van der Waals surface area contributed by atoms with Crippen molar-refractivity contribution >= 4 is 16.9 Å². The third kappa shape index (κ3) is 3.43. The number of nitrogens with zero attached hydrogens (tertiary/aromatic N) is 2. The molecule has 0 bridgehead atoms. The van der Waals surface area contributed by atoms with Crippen molar-refractivity contribution in [2.24, 2.45) is 5.92 Å². The predicted octanol–water partition coefficient (Wildman–Crippen LogP) is 3.67. The molecular formula is C21H23N3O2. The van der Waals surface area contributed by atoms with Crippen molar-refractivity contribution in [3.63, 3.8) is 0 Å². The van der Waals surface area contributed by atoms with Crippen LogP contribution in [0.15, 0.2) is 48.8 Å². The zero-order valence-electron chi connectivity index (χ0n) is 14.9. The highest BCUT2D eigenvalue weighted by molar-refractivity contribution is 5.94. The molecule has 1 atom stereocenters. The summed E-state index contributed by atoms with van der Waals surface area (Å²) in [4.78, 5) is 22.4. The van der Waals surface area contributed by atoms with Crippen LogP contribution < -0.4 is 4.74 Å². The number of nitrogens with one attached hydrogen (secondary N) is 1. The average Bonchev–Trinajstić information content (AvgIpc) is 3.15. The minimum Gasteiger partial charge on any atom is -0.497 e. The summed E-state index contributed by atoms with van der Waals surface area (Å²) in [6.07, 6.45) is 7.02. The lowest BCUT2D eigenvalue weighted by Crippen LogP contribution is -2.40. The Morgan fingerprint density at radius 1 is 1.31 bits per heavy atom. The van der Waals surface area contributed by atoms with Crippen molar-refractivity contribution < 1.29 is 9.53 Å². The molecular weight excluding hydrogens is 326 g/mol. The summed E-state index contributed by atoms with van der Waals surface area (Å²) in [6.45, 7) is 1.63. The van der Waals surface area contributed by atoms with E-state index in [1.807, 2.05) is 47.6 Å². The van der Waals surface area contributed by atoms with Crippen LogP contribution in [0.1, 0.15) is 28.8 Å². The van der Waals surface area contributed by atoms with Gasteiger partial charge in [0.15, 0.2) is 0 Å². The number of aromatic nitrogens is 2. The fourth-order valence-corrected chi connectivity index (χ4v) is 3.76. The van der Waals surface area contributed by atoms with Gasteiger partial charge < -0.3 is 14.6 Å². The second-order valence-electron chi connectivity index (χ2n) is 6.95. The molecule has 4 rings (SSSR count). The summed E-state index contributed by atoms with van der Waals surface area (Å²) >= 11 is 0. The van der Waals surface area contributed by atoms with Gasteiger partial charge >= 0.3 is 0 Å². The number of methoxy groups -OCH3 is 1. The van der Waals surface area contributed by atoms with E-state index in [0.717, 1.165) is 54.7 Å². The number of carbonyl (C=O) groups is 1. The molecule has 5 heteroatoms. The topological polar surface area (TPSA) is 58.2 Å². The van der Waals surface area contributed by atoms with Gasteiger partial charge in [0.1, 0.15) is 11.4 Å². The predicted molar refractivity (Wildman–Crippen MR) is 101 cm³/mol. The van der Waals surface area contributed by atoms with E-state index in [0.29, 0.717) is 5.92 Å². The van der Waals surface area contributed by atoms with Crippen LogP contribution in [0.25, 0.3) is 11.0 Å². The van der Waals surface area contributed by atoms with E-state index >= 15 is 0 Å². The van der Waals surface area contributed by atoms with Gasteiger partial charge in [-0.05, 0) is 67.1 Å². The smallest absolute Gasteiger partial charge is 0.253 e. The van der Waals surface area contributed by atoms with E-state index in [1.54, 1.807) is 7.11 Å². The molecule has 134 valence electrons. The largest absolute Gasteiger partial charge is 0.497 e. The summed E-state index contributed by atoms with van der Waals surface area (Å²) < 4.78 is 5.17. The SMILES string of the molecule is COc1ccc(C(=O)N2CCCC(Cc3cnc4[nH]ccc4c3)C2)cc1. The molecule has 0 spiro atoms. The number of fused-ring (bicyclic) bond motifs is 1. The third-order valence-electron chi connectivity index (χ3n) is 5.12. The highest BCUT2D eigenvalue weighted by Gasteiger charge is 2.24. The Morgan fingerprint density at radius 3 is 2.96 bits per heavy atom. The van der Waals surface area contributed by atoms with Crippen LogP contribution in [0.2, 0.25) is 0 Å². The Hall–Kier alpha value is -2.82. The standard InChI is InChI=1S/C21H23N3O2/c1-26-19-6-4-17(5-7-19)21(25)24-10-2-3-15(14-24)11-16-12-18-8-9-22-20(18)23-13-16/h4-9,12-13,15H,2-3,10-11,14H2,1H3,(H,22,23). The number of rotatable bonds is 4. The van der Waals surface area contributed by atoms with E-state index in [2.05, 4.69) is 16.0 Å². The van der Waals surface area contributed by atoms with Gasteiger partial charge in [-0.3, -0.25) is 4.79 Å². The normalized spacial score (nSPS) is 17.4. The van der Waals surface area contributed by atoms with Gasteiger partial charge in [0.2, 0.25) is 0 Å². The molecule has 0 saturated carbocycles. The summed E-state index contributed by atoms with van der Waals surface area (Å²) in [5.74, 6) is 1.35. The molecule has 1 fully saturated rings. The molecule has 0 aliphatic carbocycles. The Labute approximate surface area is 153 Å². The van der Waals surface area contributed by atoms with E-state index in [9.17, 15) is 4.79 Å². The second-order valence-corrected chi connectivity index (χ2v) is 6.95. The first-order chi connectivity index (χ1) is 12.7. The van der Waals surface area contributed by atoms with Crippen molar-refractivity contribution in [2.75, 3.05) is 20.2 Å². The van der Waals surface area contributed by atoms with Gasteiger partial charge in [0.05, 0.1) is 7.11 Å². The lowest BCUT2D eigenvalue weighted by molar-refractivity contribution is 0.0673. The molecule has 26 heavy (non-hydrogen) atoms. The van der Waals surface area contributed by atoms with Crippen LogP contribution in [-0.4, -0.2) is 41.0 Å². The number of amides is 1. The summed E-state index contributed by atoms with van der Waals surface area (Å²) in [6, 6.07) is 11.6. The summed E-state index contributed by atoms with van der Waals surface area (Å²) in [5, 5.41) is 1.14. The van der Waals surface area contributed by atoms with E-state index < -0.39 is 0 Å². The van der Waals surface area contributed by atoms with Crippen LogP contribution in [0.5, 0.6) is 5.75 Å². The maximum Gasteiger partial charge on any atom is 0.253 e. The molecule has 1 saturated heterocycles. The van der Waals surface area contributed by atoms with Crippen LogP contribution in [0.4, 0.5) is 0 Å². The van der Waals surface area contributed by atoms with E-state index in [-0.39, 0.29) is 5.91 Å².